The molecule has 0 spiro atoms. The molecule has 1 aromatic rings. The maximum absolute atomic E-state index is 11.8. The quantitative estimate of drug-likeness (QED) is 0.815. The lowest BCUT2D eigenvalue weighted by atomic mass is 10.1. The summed E-state index contributed by atoms with van der Waals surface area (Å²) in [6.45, 7) is 2.71. The van der Waals surface area contributed by atoms with Crippen LogP contribution in [0.1, 0.15) is 31.7 Å². The Labute approximate surface area is 94.6 Å². The minimum atomic E-state index is -0.304. The second kappa shape index (κ2) is 5.12. The van der Waals surface area contributed by atoms with E-state index in [2.05, 4.69) is 15.5 Å². The molecule has 1 amide bonds. The van der Waals surface area contributed by atoms with E-state index < -0.39 is 0 Å². The SMILES string of the molecule is CCc1cn[nH]c1NC(=O)C1CCCCO1. The number of hydrogen-bond donors (Lipinski definition) is 2. The first kappa shape index (κ1) is 11.1. The van der Waals surface area contributed by atoms with Crippen LogP contribution in [0.4, 0.5) is 5.82 Å². The van der Waals surface area contributed by atoms with Crippen molar-refractivity contribution >= 4 is 11.7 Å². The molecule has 1 saturated heterocycles. The van der Waals surface area contributed by atoms with E-state index in [1.54, 1.807) is 6.20 Å². The standard InChI is InChI=1S/C11H17N3O2/c1-2-8-7-12-14-10(8)13-11(15)9-5-3-4-6-16-9/h7,9H,2-6H2,1H3,(H2,12,13,14,15). The van der Waals surface area contributed by atoms with E-state index in [1.165, 1.54) is 0 Å². The minimum Gasteiger partial charge on any atom is -0.368 e. The number of carbonyl (C=O) groups excluding carboxylic acids is 1. The number of hydrogen-bond acceptors (Lipinski definition) is 3. The van der Waals surface area contributed by atoms with E-state index in [4.69, 9.17) is 4.74 Å². The van der Waals surface area contributed by atoms with Crippen molar-refractivity contribution in [3.63, 3.8) is 0 Å². The van der Waals surface area contributed by atoms with Crippen molar-refractivity contribution in [3.05, 3.63) is 11.8 Å². The number of nitrogens with zero attached hydrogens (tertiary/aromatic N) is 1. The molecule has 1 atom stereocenters. The smallest absolute Gasteiger partial charge is 0.254 e. The molecule has 1 aromatic heterocycles. The van der Waals surface area contributed by atoms with Crippen molar-refractivity contribution in [2.45, 2.75) is 38.7 Å². The Kier molecular flexibility index (Phi) is 3.56. The topological polar surface area (TPSA) is 67.0 Å². The molecule has 0 bridgehead atoms. The summed E-state index contributed by atoms with van der Waals surface area (Å²) in [7, 11) is 0. The number of nitrogens with one attached hydrogen (secondary N) is 2. The molecule has 1 fully saturated rings. The van der Waals surface area contributed by atoms with Gasteiger partial charge in [-0.3, -0.25) is 9.89 Å². The van der Waals surface area contributed by atoms with Crippen LogP contribution in [0.25, 0.3) is 0 Å². The molecular weight excluding hydrogens is 206 g/mol. The summed E-state index contributed by atoms with van der Waals surface area (Å²) >= 11 is 0. The molecule has 1 unspecified atom stereocenters. The number of rotatable bonds is 3. The molecular formula is C11H17N3O2. The van der Waals surface area contributed by atoms with Crippen molar-refractivity contribution in [2.75, 3.05) is 11.9 Å². The highest BCUT2D eigenvalue weighted by molar-refractivity contribution is 5.93. The fraction of sp³-hybridized carbons (Fsp3) is 0.636. The Morgan fingerprint density at radius 1 is 1.69 bits per heavy atom. The van der Waals surface area contributed by atoms with Gasteiger partial charge in [-0.2, -0.15) is 5.10 Å². The van der Waals surface area contributed by atoms with E-state index >= 15 is 0 Å². The summed E-state index contributed by atoms with van der Waals surface area (Å²) in [5.74, 6) is 0.625. The van der Waals surface area contributed by atoms with Gasteiger partial charge in [0.25, 0.3) is 5.91 Å². The lowest BCUT2D eigenvalue weighted by Crippen LogP contribution is -2.33. The number of anilines is 1. The number of aromatic nitrogens is 2. The van der Waals surface area contributed by atoms with Gasteiger partial charge in [-0.1, -0.05) is 6.92 Å². The lowest BCUT2D eigenvalue weighted by molar-refractivity contribution is -0.130. The van der Waals surface area contributed by atoms with Gasteiger partial charge in [-0.15, -0.1) is 0 Å². The van der Waals surface area contributed by atoms with Gasteiger partial charge < -0.3 is 10.1 Å². The summed E-state index contributed by atoms with van der Waals surface area (Å²) in [5.41, 5.74) is 1.02. The Hall–Kier alpha value is -1.36. The molecule has 88 valence electrons. The molecule has 0 aromatic carbocycles. The first-order valence-electron chi connectivity index (χ1n) is 5.76. The second-order valence-corrected chi connectivity index (χ2v) is 3.97. The highest BCUT2D eigenvalue weighted by Gasteiger charge is 2.22. The van der Waals surface area contributed by atoms with Gasteiger partial charge in [0.15, 0.2) is 0 Å². The van der Waals surface area contributed by atoms with Gasteiger partial charge in [0.05, 0.1) is 6.20 Å². The summed E-state index contributed by atoms with van der Waals surface area (Å²) in [6, 6.07) is 0. The number of carbonyl (C=O) groups is 1. The fourth-order valence-electron chi connectivity index (χ4n) is 1.84. The Morgan fingerprint density at radius 3 is 3.25 bits per heavy atom. The lowest BCUT2D eigenvalue weighted by Gasteiger charge is -2.21. The van der Waals surface area contributed by atoms with E-state index in [-0.39, 0.29) is 12.0 Å². The maximum Gasteiger partial charge on any atom is 0.254 e. The van der Waals surface area contributed by atoms with Crippen molar-refractivity contribution in [3.8, 4) is 0 Å². The number of amides is 1. The Balaban J connectivity index is 1.95. The number of H-pyrrole nitrogens is 1. The van der Waals surface area contributed by atoms with Crippen LogP contribution in [0, 0.1) is 0 Å². The molecule has 1 aliphatic heterocycles. The van der Waals surface area contributed by atoms with Gasteiger partial charge in [-0.05, 0) is 25.7 Å². The van der Waals surface area contributed by atoms with Gasteiger partial charge >= 0.3 is 0 Å². The Bertz CT molecular complexity index is 356. The van der Waals surface area contributed by atoms with E-state index in [1.807, 2.05) is 6.92 Å². The first-order chi connectivity index (χ1) is 7.81. The second-order valence-electron chi connectivity index (χ2n) is 3.97. The van der Waals surface area contributed by atoms with Crippen LogP contribution in [0.3, 0.4) is 0 Å². The molecule has 5 nitrogen and oxygen atoms in total. The number of aryl methyl sites for hydroxylation is 1. The van der Waals surface area contributed by atoms with Gasteiger partial charge in [0, 0.05) is 12.2 Å². The van der Waals surface area contributed by atoms with Crippen molar-refractivity contribution in [1.29, 1.82) is 0 Å². The van der Waals surface area contributed by atoms with E-state index in [9.17, 15) is 4.79 Å². The molecule has 16 heavy (non-hydrogen) atoms. The van der Waals surface area contributed by atoms with Crippen LogP contribution in [0.2, 0.25) is 0 Å². The predicted molar refractivity (Wildman–Crippen MR) is 60.2 cm³/mol. The third-order valence-electron chi connectivity index (χ3n) is 2.82. The molecule has 2 rings (SSSR count). The molecule has 0 aliphatic carbocycles. The van der Waals surface area contributed by atoms with Gasteiger partial charge in [0.2, 0.25) is 0 Å². The van der Waals surface area contributed by atoms with Crippen LogP contribution in [-0.4, -0.2) is 28.8 Å². The summed E-state index contributed by atoms with van der Waals surface area (Å²) in [4.78, 5) is 11.8. The first-order valence-corrected chi connectivity index (χ1v) is 5.76. The molecule has 2 heterocycles. The Morgan fingerprint density at radius 2 is 2.56 bits per heavy atom. The maximum atomic E-state index is 11.8. The third-order valence-corrected chi connectivity index (χ3v) is 2.82. The zero-order valence-corrected chi connectivity index (χ0v) is 9.45. The molecule has 1 aliphatic rings. The third kappa shape index (κ3) is 2.41. The zero-order valence-electron chi connectivity index (χ0n) is 9.45. The molecule has 2 N–H and O–H groups in total. The minimum absolute atomic E-state index is 0.0707. The van der Waals surface area contributed by atoms with Crippen LogP contribution >= 0.6 is 0 Å². The monoisotopic (exact) mass is 223 g/mol. The normalized spacial score (nSPS) is 20.7. The molecule has 0 radical (unpaired) electrons. The summed E-state index contributed by atoms with van der Waals surface area (Å²) in [6.07, 6.45) is 5.19. The average molecular weight is 223 g/mol. The number of ether oxygens (including phenoxy) is 1. The molecule has 0 saturated carbocycles. The largest absolute Gasteiger partial charge is 0.368 e. The van der Waals surface area contributed by atoms with Crippen molar-refractivity contribution in [2.24, 2.45) is 0 Å². The number of aromatic amines is 1. The highest BCUT2D eigenvalue weighted by Crippen LogP contribution is 2.16. The zero-order chi connectivity index (χ0) is 11.4. The van der Waals surface area contributed by atoms with Crippen molar-refractivity contribution < 1.29 is 9.53 Å². The van der Waals surface area contributed by atoms with E-state index in [0.717, 1.165) is 31.2 Å². The fourth-order valence-corrected chi connectivity index (χ4v) is 1.84. The predicted octanol–water partition coefficient (Wildman–Crippen LogP) is 1.48. The van der Waals surface area contributed by atoms with Crippen LogP contribution < -0.4 is 5.32 Å². The van der Waals surface area contributed by atoms with Crippen LogP contribution in [0.5, 0.6) is 0 Å². The summed E-state index contributed by atoms with van der Waals surface area (Å²) < 4.78 is 5.42. The van der Waals surface area contributed by atoms with Gasteiger partial charge in [0.1, 0.15) is 11.9 Å². The van der Waals surface area contributed by atoms with Crippen LogP contribution in [0.15, 0.2) is 6.20 Å². The average Bonchev–Trinajstić information content (AvgIpc) is 2.77. The summed E-state index contributed by atoms with van der Waals surface area (Å²) in [5, 5.41) is 9.53. The van der Waals surface area contributed by atoms with Crippen LogP contribution in [-0.2, 0) is 16.0 Å². The van der Waals surface area contributed by atoms with Crippen molar-refractivity contribution in [1.82, 2.24) is 10.2 Å². The highest BCUT2D eigenvalue weighted by atomic mass is 16.5. The molecule has 5 heteroatoms. The van der Waals surface area contributed by atoms with E-state index in [0.29, 0.717) is 12.4 Å². The van der Waals surface area contributed by atoms with Gasteiger partial charge in [-0.25, -0.2) is 0 Å².